The van der Waals surface area contributed by atoms with Crippen LogP contribution >= 0.6 is 0 Å². The van der Waals surface area contributed by atoms with Gasteiger partial charge in [0.05, 0.1) is 0 Å². The fourth-order valence-electron chi connectivity index (χ4n) is 3.72. The Balaban J connectivity index is -0.0000000406. The van der Waals surface area contributed by atoms with Gasteiger partial charge in [0.15, 0.2) is 0 Å². The second-order valence-corrected chi connectivity index (χ2v) is 14.9. The van der Waals surface area contributed by atoms with Crippen molar-refractivity contribution in [3.8, 4) is 0 Å². The minimum Gasteiger partial charge on any atom is -0.358 e. The summed E-state index contributed by atoms with van der Waals surface area (Å²) >= 11 is 0. The first-order valence-corrected chi connectivity index (χ1v) is 12.2. The Morgan fingerprint density at radius 1 is 0.421 bits per heavy atom. The van der Waals surface area contributed by atoms with Crippen molar-refractivity contribution in [1.29, 1.82) is 0 Å². The van der Waals surface area contributed by atoms with Crippen LogP contribution in [0.3, 0.4) is 0 Å². The van der Waals surface area contributed by atoms with Crippen LogP contribution < -0.4 is 16.0 Å². The van der Waals surface area contributed by atoms with Gasteiger partial charge in [-0.25, -0.2) is 12.2 Å². The van der Waals surface area contributed by atoms with Gasteiger partial charge in [-0.05, 0) is 125 Å². The molecule has 0 aliphatic heterocycles. The van der Waals surface area contributed by atoms with Gasteiger partial charge in [0.25, 0.3) is 0 Å². The van der Waals surface area contributed by atoms with Gasteiger partial charge >= 0.3 is 0 Å². The molecule has 1 aliphatic rings. The van der Waals surface area contributed by atoms with Crippen LogP contribution in [0.1, 0.15) is 131 Å². The molecule has 0 saturated heterocycles. The summed E-state index contributed by atoms with van der Waals surface area (Å²) in [6, 6.07) is 0. The largest absolute Gasteiger partial charge is 0.358 e. The molecule has 4 heteroatoms. The average molecular weight is 576 g/mol. The summed E-state index contributed by atoms with van der Waals surface area (Å²) < 4.78 is 0. The number of hydrogen-bond acceptors (Lipinski definition) is 3. The Labute approximate surface area is 262 Å². The summed E-state index contributed by atoms with van der Waals surface area (Å²) in [6.45, 7) is 39.2. The Kier molecular flexibility index (Phi) is 40.5. The van der Waals surface area contributed by atoms with Crippen molar-refractivity contribution in [1.82, 2.24) is 16.0 Å². The molecule has 3 N–H and O–H groups in total. The average Bonchev–Trinajstić information content (AvgIpc) is 2.82. The molecule has 0 radical (unpaired) electrons. The van der Waals surface area contributed by atoms with E-state index in [4.69, 9.17) is 0 Å². The summed E-state index contributed by atoms with van der Waals surface area (Å²) in [5.41, 5.74) is 1.41. The van der Waals surface area contributed by atoms with Crippen molar-refractivity contribution in [2.24, 2.45) is 0 Å². The Morgan fingerprint density at radius 3 is 0.632 bits per heavy atom. The van der Waals surface area contributed by atoms with Crippen LogP contribution in [0, 0.1) is 43.2 Å². The van der Waals surface area contributed by atoms with E-state index in [9.17, 15) is 0 Å². The molecule has 0 saturated carbocycles. The second-order valence-electron chi connectivity index (χ2n) is 14.9. The van der Waals surface area contributed by atoms with Crippen LogP contribution in [0.2, 0.25) is 0 Å². The molecule has 238 valence electrons. The maximum atomic E-state index is 3.46. The number of allylic oxidation sites excluding steroid dienone is 4. The van der Waals surface area contributed by atoms with E-state index >= 15 is 0 Å². The fraction of sp³-hybridized carbons (Fsp3) is 0.735. The normalized spacial score (nSPS) is 12.3. The van der Waals surface area contributed by atoms with Gasteiger partial charge in [-0.3, -0.25) is 6.08 Å². The van der Waals surface area contributed by atoms with Crippen molar-refractivity contribution in [3.63, 3.8) is 0 Å². The monoisotopic (exact) mass is 576 g/mol. The van der Waals surface area contributed by atoms with Gasteiger partial charge < -0.3 is 53.1 Å². The van der Waals surface area contributed by atoms with E-state index in [-0.39, 0.29) is 92.1 Å². The third kappa shape index (κ3) is 83.4. The first-order chi connectivity index (χ1) is 13.6. The summed E-state index contributed by atoms with van der Waals surface area (Å²) in [5.74, 6) is 0. The number of rotatable bonds is 0. The molecule has 0 amide bonds. The topological polar surface area (TPSA) is 36.1 Å². The molecular formula is C34H77N3Ti-6. The van der Waals surface area contributed by atoms with E-state index < -0.39 is 0 Å². The van der Waals surface area contributed by atoms with E-state index in [1.54, 1.807) is 0 Å². The molecular weight excluding hydrogens is 498 g/mol. The molecule has 0 aromatic heterocycles. The maximum absolute atomic E-state index is 3.46. The molecule has 38 heavy (non-hydrogen) atoms. The predicted octanol–water partition coefficient (Wildman–Crippen LogP) is 10.1. The molecule has 0 bridgehead atoms. The first kappa shape index (κ1) is 61.9. The SMILES string of the molecule is CC(C)(C)NC(C)(C)C.CC(C)(C)NC(C)(C)C.CC(C)(C)NC(C)(C)C.[C-]1=CC=CC1.[CH3-].[CH3-].[CH3-].[CH3-].[CH3-].[Ti]. The smallest absolute Gasteiger partial charge is 0.0101 e. The summed E-state index contributed by atoms with van der Waals surface area (Å²) in [5, 5.41) is 10.4. The van der Waals surface area contributed by atoms with Crippen molar-refractivity contribution in [2.45, 2.75) is 164 Å². The second kappa shape index (κ2) is 24.8. The molecule has 0 unspecified atom stereocenters. The molecule has 1 rings (SSSR count). The standard InChI is InChI=1S/3C8H19N.C5H5.5CH3.Ti/c3*1-7(2,3)9-8(4,5)6;1-2-4-5-3-1;;;;;;/h3*9H,1-6H3;1-3H,4H2;5*1H3;/q;;;6*-1;. The Bertz CT molecular complexity index is 413. The van der Waals surface area contributed by atoms with E-state index in [2.05, 4.69) is 153 Å². The Morgan fingerprint density at radius 2 is 0.605 bits per heavy atom. The van der Waals surface area contributed by atoms with Crippen LogP contribution in [0.5, 0.6) is 0 Å². The fourth-order valence-corrected chi connectivity index (χ4v) is 3.72. The zero-order chi connectivity index (χ0) is 26.7. The summed E-state index contributed by atoms with van der Waals surface area (Å²) in [7, 11) is 0. The number of nitrogens with one attached hydrogen (secondary N) is 3. The predicted molar refractivity (Wildman–Crippen MR) is 182 cm³/mol. The third-order valence-electron chi connectivity index (χ3n) is 2.84. The minimum atomic E-state index is 0. The molecule has 1 aliphatic carbocycles. The molecule has 0 aromatic rings. The van der Waals surface area contributed by atoms with Crippen molar-refractivity contribution < 1.29 is 21.7 Å². The molecule has 0 atom stereocenters. The molecule has 0 fully saturated rings. The minimum absolute atomic E-state index is 0. The maximum Gasteiger partial charge on any atom is 0.0101 e. The number of hydrogen-bond donors (Lipinski definition) is 3. The quantitative estimate of drug-likeness (QED) is 0.199. The van der Waals surface area contributed by atoms with E-state index in [0.29, 0.717) is 0 Å². The molecule has 0 heterocycles. The van der Waals surface area contributed by atoms with Crippen LogP contribution in [0.15, 0.2) is 18.2 Å². The van der Waals surface area contributed by atoms with Crippen molar-refractivity contribution in [3.05, 3.63) is 61.4 Å². The van der Waals surface area contributed by atoms with Gasteiger partial charge in [-0.15, -0.1) is 6.42 Å². The molecule has 0 spiro atoms. The zero-order valence-corrected chi connectivity index (χ0v) is 32.5. The van der Waals surface area contributed by atoms with Crippen molar-refractivity contribution >= 4 is 0 Å². The van der Waals surface area contributed by atoms with Gasteiger partial charge in [0.2, 0.25) is 0 Å². The third-order valence-corrected chi connectivity index (χ3v) is 2.84. The van der Waals surface area contributed by atoms with E-state index in [1.165, 1.54) is 0 Å². The molecule has 3 nitrogen and oxygen atoms in total. The zero-order valence-electron chi connectivity index (χ0n) is 30.9. The molecule has 0 aromatic carbocycles. The van der Waals surface area contributed by atoms with Gasteiger partial charge in [0.1, 0.15) is 0 Å². The van der Waals surface area contributed by atoms with Gasteiger partial charge in [0, 0.05) is 55.0 Å². The van der Waals surface area contributed by atoms with Crippen molar-refractivity contribution in [2.75, 3.05) is 0 Å². The van der Waals surface area contributed by atoms with Gasteiger partial charge in [-0.1, -0.05) is 0 Å². The van der Waals surface area contributed by atoms with Crippen LogP contribution in [-0.2, 0) is 21.7 Å². The van der Waals surface area contributed by atoms with Gasteiger partial charge in [-0.2, -0.15) is 6.08 Å². The van der Waals surface area contributed by atoms with E-state index in [0.717, 1.165) is 6.42 Å². The van der Waals surface area contributed by atoms with E-state index in [1.807, 2.05) is 12.2 Å². The Hall–Kier alpha value is 0.0743. The summed E-state index contributed by atoms with van der Waals surface area (Å²) in [4.78, 5) is 0. The first-order valence-electron chi connectivity index (χ1n) is 12.2. The van der Waals surface area contributed by atoms with Crippen LogP contribution in [0.25, 0.3) is 0 Å². The van der Waals surface area contributed by atoms with Crippen LogP contribution in [0.4, 0.5) is 0 Å². The summed E-state index contributed by atoms with van der Waals surface area (Å²) in [6.07, 6.45) is 10.0. The van der Waals surface area contributed by atoms with Crippen LogP contribution in [-0.4, -0.2) is 33.2 Å².